The molecular formula is C23H29N5O2. The van der Waals surface area contributed by atoms with Crippen LogP contribution in [-0.2, 0) is 11.2 Å². The van der Waals surface area contributed by atoms with Gasteiger partial charge in [-0.3, -0.25) is 9.59 Å². The number of aromatic amines is 1. The highest BCUT2D eigenvalue weighted by Crippen LogP contribution is 2.27. The van der Waals surface area contributed by atoms with Gasteiger partial charge < -0.3 is 11.1 Å². The maximum absolute atomic E-state index is 12.6. The molecule has 0 radical (unpaired) electrons. The van der Waals surface area contributed by atoms with Crippen molar-refractivity contribution in [3.8, 4) is 17.3 Å². The van der Waals surface area contributed by atoms with Crippen LogP contribution in [0.1, 0.15) is 63.0 Å². The fourth-order valence-corrected chi connectivity index (χ4v) is 3.96. The quantitative estimate of drug-likeness (QED) is 0.679. The molecule has 1 aliphatic rings. The molecule has 1 aliphatic carbocycles. The van der Waals surface area contributed by atoms with Crippen LogP contribution in [0.15, 0.2) is 35.1 Å². The molecule has 0 unspecified atom stereocenters. The smallest absolute Gasteiger partial charge is 0.264 e. The summed E-state index contributed by atoms with van der Waals surface area (Å²) in [4.78, 5) is 24.2. The number of benzene rings is 1. The second-order valence-electron chi connectivity index (χ2n) is 8.46. The molecule has 3 rings (SSSR count). The number of nitrogens with two attached hydrogens (primary N) is 1. The van der Waals surface area contributed by atoms with Crippen molar-refractivity contribution in [2.45, 2.75) is 69.9 Å². The topological polar surface area (TPSA) is 125 Å². The maximum atomic E-state index is 12.6. The molecule has 2 aromatic rings. The van der Waals surface area contributed by atoms with Gasteiger partial charge in [0.2, 0.25) is 5.91 Å². The minimum Gasteiger partial charge on any atom is -0.338 e. The van der Waals surface area contributed by atoms with Crippen LogP contribution >= 0.6 is 0 Å². The molecule has 7 heteroatoms. The number of H-pyrrole nitrogens is 1. The van der Waals surface area contributed by atoms with Gasteiger partial charge in [0, 0.05) is 18.1 Å². The molecule has 1 fully saturated rings. The van der Waals surface area contributed by atoms with Gasteiger partial charge in [-0.15, -0.1) is 0 Å². The van der Waals surface area contributed by atoms with Crippen molar-refractivity contribution in [3.63, 3.8) is 0 Å². The molecule has 1 heterocycles. The summed E-state index contributed by atoms with van der Waals surface area (Å²) in [7, 11) is 0. The lowest BCUT2D eigenvalue weighted by molar-refractivity contribution is -0.127. The Morgan fingerprint density at radius 2 is 1.93 bits per heavy atom. The van der Waals surface area contributed by atoms with Gasteiger partial charge >= 0.3 is 0 Å². The second kappa shape index (κ2) is 9.23. The number of aromatic nitrogens is 2. The van der Waals surface area contributed by atoms with Gasteiger partial charge in [-0.2, -0.15) is 10.4 Å². The largest absolute Gasteiger partial charge is 0.338 e. The standard InChI is InChI=1S/C23H29N5O2/c1-15(2)19-13-20(29)27-28-21(19)17-8-6-16(7-9-17)12-18(14-24)26-22(30)23(25)10-4-3-5-11-23/h6-9,13,15,18H,3-5,10-12,25H2,1-2H3,(H,26,30)(H,27,29)/t18-/m0/s1. The van der Waals surface area contributed by atoms with E-state index in [4.69, 9.17) is 5.73 Å². The molecule has 1 amide bonds. The minimum absolute atomic E-state index is 0.163. The predicted octanol–water partition coefficient (Wildman–Crippen LogP) is 2.77. The third-order valence-corrected chi connectivity index (χ3v) is 5.79. The molecule has 1 saturated carbocycles. The molecule has 0 spiro atoms. The van der Waals surface area contributed by atoms with Crippen molar-refractivity contribution >= 4 is 5.91 Å². The highest BCUT2D eigenvalue weighted by molar-refractivity contribution is 5.86. The van der Waals surface area contributed by atoms with Crippen LogP contribution in [0.25, 0.3) is 11.3 Å². The highest BCUT2D eigenvalue weighted by atomic mass is 16.2. The summed E-state index contributed by atoms with van der Waals surface area (Å²) in [6.07, 6.45) is 4.71. The molecule has 1 atom stereocenters. The van der Waals surface area contributed by atoms with Crippen molar-refractivity contribution in [3.05, 3.63) is 51.8 Å². The van der Waals surface area contributed by atoms with E-state index in [1.165, 1.54) is 0 Å². The Balaban J connectivity index is 1.71. The van der Waals surface area contributed by atoms with E-state index < -0.39 is 11.6 Å². The van der Waals surface area contributed by atoms with E-state index in [0.29, 0.717) is 19.3 Å². The Kier molecular flexibility index (Phi) is 6.68. The van der Waals surface area contributed by atoms with Crippen molar-refractivity contribution in [1.82, 2.24) is 15.5 Å². The summed E-state index contributed by atoms with van der Waals surface area (Å²) in [6.45, 7) is 4.04. The van der Waals surface area contributed by atoms with Gasteiger partial charge in [-0.05, 0) is 29.9 Å². The van der Waals surface area contributed by atoms with Crippen LogP contribution in [0.4, 0.5) is 0 Å². The van der Waals surface area contributed by atoms with Gasteiger partial charge in [0.15, 0.2) is 0 Å². The normalized spacial score (nSPS) is 16.6. The van der Waals surface area contributed by atoms with E-state index in [1.54, 1.807) is 6.07 Å². The average Bonchev–Trinajstić information content (AvgIpc) is 2.74. The first-order valence-corrected chi connectivity index (χ1v) is 10.5. The summed E-state index contributed by atoms with van der Waals surface area (Å²) < 4.78 is 0. The number of carbonyl (C=O) groups is 1. The zero-order valence-electron chi connectivity index (χ0n) is 17.6. The van der Waals surface area contributed by atoms with E-state index in [0.717, 1.165) is 41.6 Å². The molecule has 1 aromatic heterocycles. The van der Waals surface area contributed by atoms with E-state index in [2.05, 4.69) is 21.6 Å². The summed E-state index contributed by atoms with van der Waals surface area (Å²) in [5, 5.41) is 19.1. The Labute approximate surface area is 176 Å². The van der Waals surface area contributed by atoms with Crippen molar-refractivity contribution < 1.29 is 4.79 Å². The van der Waals surface area contributed by atoms with E-state index >= 15 is 0 Å². The summed E-state index contributed by atoms with van der Waals surface area (Å²) in [5.41, 5.74) is 8.64. The molecule has 4 N–H and O–H groups in total. The van der Waals surface area contributed by atoms with Crippen LogP contribution < -0.4 is 16.6 Å². The van der Waals surface area contributed by atoms with Crippen molar-refractivity contribution in [2.24, 2.45) is 5.73 Å². The summed E-state index contributed by atoms with van der Waals surface area (Å²) in [5.74, 6) is -0.0691. The van der Waals surface area contributed by atoms with Crippen LogP contribution in [0, 0.1) is 11.3 Å². The second-order valence-corrected chi connectivity index (χ2v) is 8.46. The monoisotopic (exact) mass is 407 g/mol. The lowest BCUT2D eigenvalue weighted by Gasteiger charge is -2.32. The van der Waals surface area contributed by atoms with E-state index in [-0.39, 0.29) is 17.4 Å². The number of carbonyl (C=O) groups excluding carboxylic acids is 1. The Bertz CT molecular complexity index is 982. The maximum Gasteiger partial charge on any atom is 0.264 e. The molecule has 0 saturated heterocycles. The number of hydrogen-bond acceptors (Lipinski definition) is 5. The van der Waals surface area contributed by atoms with Crippen LogP contribution in [-0.4, -0.2) is 27.7 Å². The van der Waals surface area contributed by atoms with Crippen LogP contribution in [0.5, 0.6) is 0 Å². The molecule has 0 aliphatic heterocycles. The number of rotatable bonds is 6. The Hall–Kier alpha value is -2.98. The Morgan fingerprint density at radius 1 is 1.27 bits per heavy atom. The number of nitrogens with one attached hydrogen (secondary N) is 2. The molecular weight excluding hydrogens is 378 g/mol. The van der Waals surface area contributed by atoms with Crippen molar-refractivity contribution in [1.29, 1.82) is 5.26 Å². The average molecular weight is 408 g/mol. The van der Waals surface area contributed by atoms with Crippen LogP contribution in [0.3, 0.4) is 0 Å². The lowest BCUT2D eigenvalue weighted by Crippen LogP contribution is -2.57. The minimum atomic E-state index is -0.861. The Morgan fingerprint density at radius 3 is 2.53 bits per heavy atom. The third kappa shape index (κ3) is 4.95. The van der Waals surface area contributed by atoms with Gasteiger partial charge in [0.25, 0.3) is 5.56 Å². The first kappa shape index (κ1) is 21.7. The van der Waals surface area contributed by atoms with Crippen LogP contribution in [0.2, 0.25) is 0 Å². The molecule has 1 aromatic carbocycles. The molecule has 30 heavy (non-hydrogen) atoms. The van der Waals surface area contributed by atoms with Gasteiger partial charge in [-0.25, -0.2) is 5.10 Å². The molecule has 7 nitrogen and oxygen atoms in total. The number of hydrogen-bond donors (Lipinski definition) is 3. The lowest BCUT2D eigenvalue weighted by atomic mass is 9.81. The van der Waals surface area contributed by atoms with E-state index in [9.17, 15) is 14.9 Å². The number of nitrogens with zero attached hydrogens (tertiary/aromatic N) is 2. The first-order valence-electron chi connectivity index (χ1n) is 10.5. The number of nitriles is 1. The predicted molar refractivity (Wildman–Crippen MR) is 116 cm³/mol. The van der Waals surface area contributed by atoms with Gasteiger partial charge in [0.1, 0.15) is 6.04 Å². The fourth-order valence-electron chi connectivity index (χ4n) is 3.96. The SMILES string of the molecule is CC(C)c1cc(=O)[nH]nc1-c1ccc(C[C@@H](C#N)NC(=O)C2(N)CCCCC2)cc1. The zero-order valence-corrected chi connectivity index (χ0v) is 17.6. The zero-order chi connectivity index (χ0) is 21.7. The summed E-state index contributed by atoms with van der Waals surface area (Å²) in [6, 6.07) is 10.8. The fraction of sp³-hybridized carbons (Fsp3) is 0.478. The number of amides is 1. The first-order chi connectivity index (χ1) is 14.3. The molecule has 0 bridgehead atoms. The third-order valence-electron chi connectivity index (χ3n) is 5.79. The molecule has 158 valence electrons. The van der Waals surface area contributed by atoms with Gasteiger partial charge in [0.05, 0.1) is 17.3 Å². The summed E-state index contributed by atoms with van der Waals surface area (Å²) >= 11 is 0. The van der Waals surface area contributed by atoms with Crippen molar-refractivity contribution in [2.75, 3.05) is 0 Å². The van der Waals surface area contributed by atoms with E-state index in [1.807, 2.05) is 38.1 Å². The van der Waals surface area contributed by atoms with Gasteiger partial charge in [-0.1, -0.05) is 57.4 Å². The highest BCUT2D eigenvalue weighted by Gasteiger charge is 2.36.